The highest BCUT2D eigenvalue weighted by Gasteiger charge is 2.10. The van der Waals surface area contributed by atoms with Crippen LogP contribution in [-0.2, 0) is 0 Å². The number of aromatic nitrogens is 4. The molecule has 0 spiro atoms. The Bertz CT molecular complexity index is 719. The summed E-state index contributed by atoms with van der Waals surface area (Å²) in [5, 5.41) is 11.9. The molecule has 106 valence electrons. The zero-order valence-corrected chi connectivity index (χ0v) is 11.6. The van der Waals surface area contributed by atoms with Crippen LogP contribution in [0.2, 0.25) is 0 Å². The van der Waals surface area contributed by atoms with Crippen molar-refractivity contribution < 1.29 is 4.74 Å². The van der Waals surface area contributed by atoms with E-state index in [-0.39, 0.29) is 0 Å². The predicted molar refractivity (Wildman–Crippen MR) is 80.2 cm³/mol. The van der Waals surface area contributed by atoms with Gasteiger partial charge in [0, 0.05) is 11.3 Å². The minimum atomic E-state index is 0.640. The molecule has 1 heterocycles. The van der Waals surface area contributed by atoms with Crippen LogP contribution < -0.4 is 10.5 Å². The minimum Gasteiger partial charge on any atom is -0.494 e. The first-order valence-electron chi connectivity index (χ1n) is 6.65. The maximum absolute atomic E-state index is 5.70. The summed E-state index contributed by atoms with van der Waals surface area (Å²) in [5.41, 5.74) is 8.19. The van der Waals surface area contributed by atoms with E-state index in [1.54, 1.807) is 4.68 Å². The SMILES string of the molecule is CCOc1ccc(-n2nnnc2-c2ccc(N)cc2)cc1. The molecule has 0 atom stereocenters. The Kier molecular flexibility index (Phi) is 3.51. The Morgan fingerprint density at radius 1 is 1.05 bits per heavy atom. The number of hydrogen-bond donors (Lipinski definition) is 1. The Labute approximate surface area is 122 Å². The standard InChI is InChI=1S/C15H15N5O/c1-2-21-14-9-7-13(8-10-14)20-15(17-18-19-20)11-3-5-12(16)6-4-11/h3-10H,2,16H2,1H3. The fraction of sp³-hybridized carbons (Fsp3) is 0.133. The highest BCUT2D eigenvalue weighted by atomic mass is 16.5. The van der Waals surface area contributed by atoms with Crippen molar-refractivity contribution >= 4 is 5.69 Å². The molecule has 0 radical (unpaired) electrons. The normalized spacial score (nSPS) is 10.5. The van der Waals surface area contributed by atoms with Crippen molar-refractivity contribution in [2.75, 3.05) is 12.3 Å². The van der Waals surface area contributed by atoms with E-state index < -0.39 is 0 Å². The van der Waals surface area contributed by atoms with Gasteiger partial charge in [0.05, 0.1) is 12.3 Å². The van der Waals surface area contributed by atoms with Crippen molar-refractivity contribution in [3.63, 3.8) is 0 Å². The molecule has 0 amide bonds. The summed E-state index contributed by atoms with van der Waals surface area (Å²) < 4.78 is 7.11. The van der Waals surface area contributed by atoms with Gasteiger partial charge in [-0.05, 0) is 65.9 Å². The van der Waals surface area contributed by atoms with E-state index in [4.69, 9.17) is 10.5 Å². The maximum Gasteiger partial charge on any atom is 0.187 e. The zero-order chi connectivity index (χ0) is 14.7. The molecule has 3 rings (SSSR count). The first kappa shape index (κ1) is 13.1. The lowest BCUT2D eigenvalue weighted by Gasteiger charge is -2.07. The third kappa shape index (κ3) is 2.69. The van der Waals surface area contributed by atoms with Gasteiger partial charge >= 0.3 is 0 Å². The molecule has 0 unspecified atom stereocenters. The van der Waals surface area contributed by atoms with Crippen LogP contribution in [0.15, 0.2) is 48.5 Å². The largest absolute Gasteiger partial charge is 0.494 e. The van der Waals surface area contributed by atoms with Crippen LogP contribution in [-0.4, -0.2) is 26.8 Å². The lowest BCUT2D eigenvalue weighted by molar-refractivity contribution is 0.340. The van der Waals surface area contributed by atoms with E-state index >= 15 is 0 Å². The van der Waals surface area contributed by atoms with Crippen LogP contribution in [0, 0.1) is 0 Å². The molecule has 1 aromatic heterocycles. The number of ether oxygens (including phenoxy) is 1. The summed E-state index contributed by atoms with van der Waals surface area (Å²) in [5.74, 6) is 1.49. The first-order chi connectivity index (χ1) is 10.3. The number of anilines is 1. The Balaban J connectivity index is 1.96. The molecule has 6 nitrogen and oxygen atoms in total. The predicted octanol–water partition coefficient (Wildman–Crippen LogP) is 2.31. The van der Waals surface area contributed by atoms with Gasteiger partial charge in [-0.25, -0.2) is 0 Å². The van der Waals surface area contributed by atoms with Crippen molar-refractivity contribution in [3.05, 3.63) is 48.5 Å². The summed E-state index contributed by atoms with van der Waals surface area (Å²) in [7, 11) is 0. The molecule has 2 N–H and O–H groups in total. The second-order valence-electron chi connectivity index (χ2n) is 4.46. The van der Waals surface area contributed by atoms with E-state index in [0.717, 1.165) is 17.0 Å². The summed E-state index contributed by atoms with van der Waals surface area (Å²) in [6.45, 7) is 2.59. The molecular weight excluding hydrogens is 266 g/mol. The minimum absolute atomic E-state index is 0.640. The fourth-order valence-corrected chi connectivity index (χ4v) is 2.02. The zero-order valence-electron chi connectivity index (χ0n) is 11.6. The lowest BCUT2D eigenvalue weighted by Crippen LogP contribution is -2.00. The number of nitrogen functional groups attached to an aromatic ring is 1. The van der Waals surface area contributed by atoms with Crippen LogP contribution in [0.25, 0.3) is 17.1 Å². The lowest BCUT2D eigenvalue weighted by atomic mass is 10.2. The molecule has 3 aromatic rings. The van der Waals surface area contributed by atoms with Crippen LogP contribution in [0.4, 0.5) is 5.69 Å². The molecule has 0 saturated heterocycles. The van der Waals surface area contributed by atoms with E-state index in [1.807, 2.05) is 55.5 Å². The van der Waals surface area contributed by atoms with Gasteiger partial charge in [-0.15, -0.1) is 5.10 Å². The van der Waals surface area contributed by atoms with Gasteiger partial charge in [0.2, 0.25) is 0 Å². The Morgan fingerprint density at radius 3 is 2.43 bits per heavy atom. The molecule has 0 aliphatic rings. The van der Waals surface area contributed by atoms with Gasteiger partial charge in [0.25, 0.3) is 0 Å². The molecular formula is C15H15N5O. The van der Waals surface area contributed by atoms with E-state index in [0.29, 0.717) is 18.1 Å². The van der Waals surface area contributed by atoms with Crippen molar-refractivity contribution in [1.82, 2.24) is 20.2 Å². The highest BCUT2D eigenvalue weighted by Crippen LogP contribution is 2.22. The van der Waals surface area contributed by atoms with Gasteiger partial charge in [0.1, 0.15) is 5.75 Å². The second-order valence-corrected chi connectivity index (χ2v) is 4.46. The monoisotopic (exact) mass is 281 g/mol. The van der Waals surface area contributed by atoms with Crippen LogP contribution in [0.5, 0.6) is 5.75 Å². The van der Waals surface area contributed by atoms with E-state index in [2.05, 4.69) is 15.5 Å². The van der Waals surface area contributed by atoms with Gasteiger partial charge in [0.15, 0.2) is 5.82 Å². The van der Waals surface area contributed by atoms with Crippen molar-refractivity contribution in [1.29, 1.82) is 0 Å². The van der Waals surface area contributed by atoms with Gasteiger partial charge in [-0.3, -0.25) is 0 Å². The average molecular weight is 281 g/mol. The van der Waals surface area contributed by atoms with Gasteiger partial charge < -0.3 is 10.5 Å². The third-order valence-electron chi connectivity index (χ3n) is 3.03. The van der Waals surface area contributed by atoms with Crippen molar-refractivity contribution in [2.24, 2.45) is 0 Å². The summed E-state index contributed by atoms with van der Waals surface area (Å²) in [4.78, 5) is 0. The molecule has 0 aliphatic carbocycles. The molecule has 0 bridgehead atoms. The van der Waals surface area contributed by atoms with Crippen LogP contribution in [0.3, 0.4) is 0 Å². The number of nitrogens with zero attached hydrogens (tertiary/aromatic N) is 4. The summed E-state index contributed by atoms with van der Waals surface area (Å²) in [6.07, 6.45) is 0. The Hall–Kier alpha value is -2.89. The van der Waals surface area contributed by atoms with Crippen molar-refractivity contribution in [2.45, 2.75) is 6.92 Å². The third-order valence-corrected chi connectivity index (χ3v) is 3.03. The van der Waals surface area contributed by atoms with Gasteiger partial charge in [-0.2, -0.15) is 4.68 Å². The number of rotatable bonds is 4. The maximum atomic E-state index is 5.70. The number of benzene rings is 2. The molecule has 0 aliphatic heterocycles. The quantitative estimate of drug-likeness (QED) is 0.742. The molecule has 0 fully saturated rings. The van der Waals surface area contributed by atoms with Gasteiger partial charge in [-0.1, -0.05) is 0 Å². The van der Waals surface area contributed by atoms with Crippen LogP contribution in [0.1, 0.15) is 6.92 Å². The second kappa shape index (κ2) is 5.62. The summed E-state index contributed by atoms with van der Waals surface area (Å²) in [6, 6.07) is 15.1. The number of hydrogen-bond acceptors (Lipinski definition) is 5. The molecule has 6 heteroatoms. The Morgan fingerprint density at radius 2 is 1.76 bits per heavy atom. The number of tetrazole rings is 1. The smallest absolute Gasteiger partial charge is 0.187 e. The highest BCUT2D eigenvalue weighted by molar-refractivity contribution is 5.60. The summed E-state index contributed by atoms with van der Waals surface area (Å²) >= 11 is 0. The molecule has 2 aromatic carbocycles. The van der Waals surface area contributed by atoms with E-state index in [1.165, 1.54) is 0 Å². The molecule has 0 saturated carbocycles. The number of nitrogens with two attached hydrogens (primary N) is 1. The average Bonchev–Trinajstić information content (AvgIpc) is 2.99. The fourth-order valence-electron chi connectivity index (χ4n) is 2.02. The van der Waals surface area contributed by atoms with Crippen molar-refractivity contribution in [3.8, 4) is 22.8 Å². The van der Waals surface area contributed by atoms with E-state index in [9.17, 15) is 0 Å². The van der Waals surface area contributed by atoms with Crippen LogP contribution >= 0.6 is 0 Å². The topological polar surface area (TPSA) is 78.8 Å². The molecule has 21 heavy (non-hydrogen) atoms. The first-order valence-corrected chi connectivity index (χ1v) is 6.65.